The van der Waals surface area contributed by atoms with E-state index in [1.807, 2.05) is 0 Å². The van der Waals surface area contributed by atoms with Gasteiger partial charge in [-0.3, -0.25) is 0 Å². The molecule has 0 bridgehead atoms. The Hall–Kier alpha value is -0.780. The van der Waals surface area contributed by atoms with E-state index >= 15 is 0 Å². The predicted octanol–water partition coefficient (Wildman–Crippen LogP) is 4.84. The lowest BCUT2D eigenvalue weighted by molar-refractivity contribution is 0.864. The Morgan fingerprint density at radius 1 is 1.00 bits per heavy atom. The van der Waals surface area contributed by atoms with Crippen molar-refractivity contribution >= 4 is 0 Å². The van der Waals surface area contributed by atoms with Crippen LogP contribution in [0.3, 0.4) is 0 Å². The summed E-state index contributed by atoms with van der Waals surface area (Å²) in [6.45, 7) is 13.0. The fourth-order valence-corrected chi connectivity index (χ4v) is 1.12. The average molecular weight is 192 g/mol. The van der Waals surface area contributed by atoms with Crippen molar-refractivity contribution in [1.29, 1.82) is 0 Å². The molecule has 1 aromatic rings. The van der Waals surface area contributed by atoms with Crippen molar-refractivity contribution in [2.45, 2.75) is 53.9 Å². The lowest BCUT2D eigenvalue weighted by Crippen LogP contribution is -1.89. The summed E-state index contributed by atoms with van der Waals surface area (Å²) in [6, 6.07) is 6.69. The van der Waals surface area contributed by atoms with Crippen LogP contribution in [0, 0.1) is 13.8 Å². The third-order valence-corrected chi connectivity index (χ3v) is 2.20. The summed E-state index contributed by atoms with van der Waals surface area (Å²) < 4.78 is 0. The second kappa shape index (κ2) is 6.64. The third-order valence-electron chi connectivity index (χ3n) is 2.20. The highest BCUT2D eigenvalue weighted by atomic mass is 14.0. The molecule has 0 atom stereocenters. The lowest BCUT2D eigenvalue weighted by atomic mass is 9.99. The van der Waals surface area contributed by atoms with E-state index < -0.39 is 0 Å². The summed E-state index contributed by atoms with van der Waals surface area (Å²) >= 11 is 0. The van der Waals surface area contributed by atoms with Crippen molar-refractivity contribution < 1.29 is 0 Å². The standard InChI is InChI=1S/C11H16.C3H8/c1-8(2)11-6-5-9(3)10(4)7-11;1-3-2/h5-8H,1-4H3;3H2,1-2H3. The van der Waals surface area contributed by atoms with Crippen LogP contribution in [0.4, 0.5) is 0 Å². The molecule has 0 heterocycles. The Morgan fingerprint density at radius 2 is 1.50 bits per heavy atom. The number of aryl methyl sites for hydroxylation is 2. The molecule has 0 aliphatic rings. The van der Waals surface area contributed by atoms with Crippen molar-refractivity contribution in [3.8, 4) is 0 Å². The summed E-state index contributed by atoms with van der Waals surface area (Å²) in [7, 11) is 0. The molecule has 0 fully saturated rings. The topological polar surface area (TPSA) is 0 Å². The summed E-state index contributed by atoms with van der Waals surface area (Å²) in [5.74, 6) is 0.647. The Bertz CT molecular complexity index is 259. The molecule has 80 valence electrons. The first kappa shape index (κ1) is 13.2. The van der Waals surface area contributed by atoms with Gasteiger partial charge in [0.05, 0.1) is 0 Å². The molecule has 0 N–H and O–H groups in total. The Labute approximate surface area is 89.4 Å². The summed E-state index contributed by atoms with van der Waals surface area (Å²) in [6.07, 6.45) is 1.25. The molecule has 0 aromatic heterocycles. The van der Waals surface area contributed by atoms with Crippen LogP contribution in [0.5, 0.6) is 0 Å². The fraction of sp³-hybridized carbons (Fsp3) is 0.571. The van der Waals surface area contributed by atoms with Gasteiger partial charge in [-0.25, -0.2) is 0 Å². The van der Waals surface area contributed by atoms with Crippen LogP contribution in [-0.4, -0.2) is 0 Å². The lowest BCUT2D eigenvalue weighted by Gasteiger charge is -2.07. The van der Waals surface area contributed by atoms with Gasteiger partial charge >= 0.3 is 0 Å². The molecule has 14 heavy (non-hydrogen) atoms. The van der Waals surface area contributed by atoms with Crippen LogP contribution >= 0.6 is 0 Å². The number of hydrogen-bond donors (Lipinski definition) is 0. The highest BCUT2D eigenvalue weighted by Crippen LogP contribution is 2.17. The van der Waals surface area contributed by atoms with Gasteiger partial charge in [-0.05, 0) is 36.5 Å². The fourth-order valence-electron chi connectivity index (χ4n) is 1.12. The van der Waals surface area contributed by atoms with Gasteiger partial charge in [0.1, 0.15) is 0 Å². The number of rotatable bonds is 1. The van der Waals surface area contributed by atoms with Crippen LogP contribution in [0.1, 0.15) is 56.7 Å². The van der Waals surface area contributed by atoms with Gasteiger partial charge in [0.2, 0.25) is 0 Å². The van der Waals surface area contributed by atoms with Crippen LogP contribution in [-0.2, 0) is 0 Å². The summed E-state index contributed by atoms with van der Waals surface area (Å²) in [5.41, 5.74) is 4.22. The zero-order chi connectivity index (χ0) is 11.1. The van der Waals surface area contributed by atoms with Gasteiger partial charge in [-0.1, -0.05) is 52.3 Å². The highest BCUT2D eigenvalue weighted by Gasteiger charge is 1.99. The first-order chi connectivity index (χ1) is 6.52. The minimum atomic E-state index is 0.647. The zero-order valence-electron chi connectivity index (χ0n) is 10.5. The molecule has 0 saturated heterocycles. The molecular formula is C14H24. The molecule has 0 amide bonds. The van der Waals surface area contributed by atoms with Gasteiger partial charge < -0.3 is 0 Å². The zero-order valence-corrected chi connectivity index (χ0v) is 10.5. The number of benzene rings is 1. The molecule has 0 heteroatoms. The van der Waals surface area contributed by atoms with E-state index in [0.29, 0.717) is 5.92 Å². The SMILES string of the molecule is CCC.Cc1ccc(C(C)C)cc1C. The van der Waals surface area contributed by atoms with E-state index in [2.05, 4.69) is 59.7 Å². The second-order valence-electron chi connectivity index (χ2n) is 4.21. The quantitative estimate of drug-likeness (QED) is 0.597. The molecule has 0 unspecified atom stereocenters. The molecule has 1 aromatic carbocycles. The van der Waals surface area contributed by atoms with Gasteiger partial charge in [-0.15, -0.1) is 0 Å². The van der Waals surface area contributed by atoms with E-state index in [0.717, 1.165) is 0 Å². The van der Waals surface area contributed by atoms with Crippen molar-refractivity contribution in [3.05, 3.63) is 34.9 Å². The smallest absolute Gasteiger partial charge is 0.0219 e. The molecule has 0 aliphatic heterocycles. The number of hydrogen-bond acceptors (Lipinski definition) is 0. The van der Waals surface area contributed by atoms with Crippen molar-refractivity contribution in [2.75, 3.05) is 0 Å². The Balaban J connectivity index is 0.000000500. The first-order valence-electron chi connectivity index (χ1n) is 5.60. The van der Waals surface area contributed by atoms with Gasteiger partial charge in [-0.2, -0.15) is 0 Å². The Kier molecular flexibility index (Phi) is 6.27. The maximum atomic E-state index is 2.28. The van der Waals surface area contributed by atoms with Crippen LogP contribution in [0.15, 0.2) is 18.2 Å². The molecule has 0 nitrogen and oxygen atoms in total. The van der Waals surface area contributed by atoms with Crippen molar-refractivity contribution in [2.24, 2.45) is 0 Å². The van der Waals surface area contributed by atoms with Crippen LogP contribution in [0.2, 0.25) is 0 Å². The monoisotopic (exact) mass is 192 g/mol. The average Bonchev–Trinajstić information content (AvgIpc) is 2.10. The predicted molar refractivity (Wildman–Crippen MR) is 66.0 cm³/mol. The minimum Gasteiger partial charge on any atom is -0.0656 e. The molecule has 1 rings (SSSR count). The van der Waals surface area contributed by atoms with Crippen molar-refractivity contribution in [1.82, 2.24) is 0 Å². The van der Waals surface area contributed by atoms with Gasteiger partial charge in [0.25, 0.3) is 0 Å². The minimum absolute atomic E-state index is 0.647. The van der Waals surface area contributed by atoms with E-state index in [4.69, 9.17) is 0 Å². The third kappa shape index (κ3) is 4.45. The summed E-state index contributed by atoms with van der Waals surface area (Å²) in [4.78, 5) is 0. The Morgan fingerprint density at radius 3 is 1.86 bits per heavy atom. The molecular weight excluding hydrogens is 168 g/mol. The largest absolute Gasteiger partial charge is 0.0656 e. The van der Waals surface area contributed by atoms with Gasteiger partial charge in [0, 0.05) is 0 Å². The first-order valence-corrected chi connectivity index (χ1v) is 5.60. The van der Waals surface area contributed by atoms with Crippen molar-refractivity contribution in [3.63, 3.8) is 0 Å². The second-order valence-corrected chi connectivity index (χ2v) is 4.21. The normalized spacial score (nSPS) is 9.64. The summed E-state index contributed by atoms with van der Waals surface area (Å²) in [5, 5.41) is 0. The highest BCUT2D eigenvalue weighted by molar-refractivity contribution is 5.31. The van der Waals surface area contributed by atoms with Crippen LogP contribution in [0.25, 0.3) is 0 Å². The van der Waals surface area contributed by atoms with E-state index in [1.54, 1.807) is 0 Å². The molecule has 0 radical (unpaired) electrons. The van der Waals surface area contributed by atoms with Crippen LogP contribution < -0.4 is 0 Å². The molecule has 0 aliphatic carbocycles. The van der Waals surface area contributed by atoms with E-state index in [-0.39, 0.29) is 0 Å². The van der Waals surface area contributed by atoms with E-state index in [9.17, 15) is 0 Å². The maximum Gasteiger partial charge on any atom is -0.0219 e. The van der Waals surface area contributed by atoms with Gasteiger partial charge in [0.15, 0.2) is 0 Å². The molecule has 0 saturated carbocycles. The maximum absolute atomic E-state index is 2.28. The van der Waals surface area contributed by atoms with E-state index in [1.165, 1.54) is 23.1 Å². The molecule has 0 spiro atoms.